The molecule has 0 saturated heterocycles. The zero-order chi connectivity index (χ0) is 18.4. The summed E-state index contributed by atoms with van der Waals surface area (Å²) in [5.41, 5.74) is 2.34. The first-order valence-corrected chi connectivity index (χ1v) is 9.89. The zero-order valence-corrected chi connectivity index (χ0v) is 15.6. The number of amidine groups is 1. The Bertz CT molecular complexity index is 691. The Kier molecular flexibility index (Phi) is 6.44. The van der Waals surface area contributed by atoms with Crippen molar-refractivity contribution in [3.05, 3.63) is 47.2 Å². The molecule has 0 spiro atoms. The lowest BCUT2D eigenvalue weighted by atomic mass is 9.78. The van der Waals surface area contributed by atoms with Crippen LogP contribution in [0.25, 0.3) is 0 Å². The van der Waals surface area contributed by atoms with Gasteiger partial charge in [0.2, 0.25) is 0 Å². The molecular weight excluding hydrogens is 325 g/mol. The molecule has 1 heterocycles. The molecule has 0 N–H and O–H groups in total. The minimum Gasteiger partial charge on any atom is -0.236 e. The van der Waals surface area contributed by atoms with Gasteiger partial charge in [0.05, 0.1) is 18.2 Å². The van der Waals surface area contributed by atoms with Crippen LogP contribution in [-0.4, -0.2) is 17.5 Å². The SMILES string of the molecule is CCCC1CCC(CCC2=CN=C(c3ccc(C#N)cc3)N(F)C2)CC1. The largest absolute Gasteiger partial charge is 0.236 e. The predicted molar refractivity (Wildman–Crippen MR) is 103 cm³/mol. The third kappa shape index (κ3) is 4.72. The van der Waals surface area contributed by atoms with Crippen molar-refractivity contribution in [1.82, 2.24) is 5.12 Å². The van der Waals surface area contributed by atoms with Crippen LogP contribution in [0.15, 0.2) is 41.0 Å². The lowest BCUT2D eigenvalue weighted by Gasteiger charge is -2.29. The minimum atomic E-state index is 0.296. The van der Waals surface area contributed by atoms with E-state index in [1.807, 2.05) is 6.20 Å². The molecule has 4 heteroatoms. The Balaban J connectivity index is 1.53. The van der Waals surface area contributed by atoms with E-state index in [0.717, 1.165) is 35.4 Å². The minimum absolute atomic E-state index is 0.296. The normalized spacial score (nSPS) is 23.2. The van der Waals surface area contributed by atoms with E-state index in [1.165, 1.54) is 38.5 Å². The summed E-state index contributed by atoms with van der Waals surface area (Å²) >= 11 is 0. The fourth-order valence-electron chi connectivity index (χ4n) is 4.17. The standard InChI is InChI=1S/C22H28FN3/c1-2-3-17-4-6-18(7-5-17)8-9-20-15-25-22(26(23)16-20)21-12-10-19(14-24)11-13-21/h10-13,15,17-18H,2-9,16H2,1H3. The highest BCUT2D eigenvalue weighted by Gasteiger charge is 2.22. The maximum absolute atomic E-state index is 14.5. The van der Waals surface area contributed by atoms with Crippen LogP contribution >= 0.6 is 0 Å². The molecule has 3 rings (SSSR count). The molecule has 1 saturated carbocycles. The van der Waals surface area contributed by atoms with Crippen LogP contribution < -0.4 is 0 Å². The van der Waals surface area contributed by atoms with Crippen LogP contribution in [0.2, 0.25) is 0 Å². The maximum Gasteiger partial charge on any atom is 0.164 e. The molecule has 1 aliphatic heterocycles. The van der Waals surface area contributed by atoms with Crippen LogP contribution in [0.4, 0.5) is 4.48 Å². The fraction of sp³-hybridized carbons (Fsp3) is 0.545. The van der Waals surface area contributed by atoms with Crippen molar-refractivity contribution in [3.8, 4) is 6.07 Å². The van der Waals surface area contributed by atoms with Gasteiger partial charge in [-0.05, 0) is 54.5 Å². The van der Waals surface area contributed by atoms with Crippen LogP contribution in [0, 0.1) is 23.2 Å². The third-order valence-corrected chi connectivity index (χ3v) is 5.75. The summed E-state index contributed by atoms with van der Waals surface area (Å²) in [6.45, 7) is 2.57. The van der Waals surface area contributed by atoms with Gasteiger partial charge in [0.15, 0.2) is 5.84 Å². The summed E-state index contributed by atoms with van der Waals surface area (Å²) in [5.74, 6) is 2.06. The van der Waals surface area contributed by atoms with Gasteiger partial charge in [-0.1, -0.05) is 49.9 Å². The number of halogens is 1. The van der Waals surface area contributed by atoms with Crippen LogP contribution in [0.3, 0.4) is 0 Å². The number of nitrogens with zero attached hydrogens (tertiary/aromatic N) is 3. The first-order chi connectivity index (χ1) is 12.7. The van der Waals surface area contributed by atoms with E-state index >= 15 is 0 Å². The fourth-order valence-corrected chi connectivity index (χ4v) is 4.17. The Morgan fingerprint density at radius 2 is 1.77 bits per heavy atom. The highest BCUT2D eigenvalue weighted by atomic mass is 19.2. The summed E-state index contributed by atoms with van der Waals surface area (Å²) in [6, 6.07) is 8.96. The summed E-state index contributed by atoms with van der Waals surface area (Å²) in [4.78, 5) is 4.34. The average molecular weight is 353 g/mol. The van der Waals surface area contributed by atoms with Crippen molar-refractivity contribution in [1.29, 1.82) is 5.26 Å². The Labute approximate surface area is 156 Å². The molecule has 0 unspecified atom stereocenters. The second-order valence-electron chi connectivity index (χ2n) is 7.66. The Morgan fingerprint density at radius 3 is 2.35 bits per heavy atom. The molecule has 1 fully saturated rings. The van der Waals surface area contributed by atoms with Gasteiger partial charge in [-0.15, -0.1) is 0 Å². The molecule has 1 aromatic rings. The van der Waals surface area contributed by atoms with Crippen LogP contribution in [0.1, 0.15) is 69.4 Å². The molecule has 0 radical (unpaired) electrons. The topological polar surface area (TPSA) is 39.4 Å². The molecule has 1 aliphatic carbocycles. The second-order valence-corrected chi connectivity index (χ2v) is 7.66. The van der Waals surface area contributed by atoms with Gasteiger partial charge in [-0.3, -0.25) is 0 Å². The van der Waals surface area contributed by atoms with Crippen molar-refractivity contribution in [2.75, 3.05) is 6.54 Å². The summed E-state index contributed by atoms with van der Waals surface area (Å²) in [5, 5.41) is 9.59. The van der Waals surface area contributed by atoms with Gasteiger partial charge >= 0.3 is 0 Å². The first kappa shape index (κ1) is 18.6. The number of nitriles is 1. The summed E-state index contributed by atoms with van der Waals surface area (Å²) in [6.07, 6.45) is 12.0. The van der Waals surface area contributed by atoms with Crippen molar-refractivity contribution >= 4 is 5.84 Å². The molecule has 3 nitrogen and oxygen atoms in total. The van der Waals surface area contributed by atoms with Gasteiger partial charge < -0.3 is 0 Å². The molecule has 138 valence electrons. The predicted octanol–water partition coefficient (Wildman–Crippen LogP) is 5.78. The zero-order valence-electron chi connectivity index (χ0n) is 15.6. The number of hydrogen-bond donors (Lipinski definition) is 0. The summed E-state index contributed by atoms with van der Waals surface area (Å²) in [7, 11) is 0. The molecule has 0 aromatic heterocycles. The van der Waals surface area contributed by atoms with Crippen molar-refractivity contribution in [2.45, 2.75) is 58.3 Å². The lowest BCUT2D eigenvalue weighted by Crippen LogP contribution is -2.28. The van der Waals surface area contributed by atoms with Gasteiger partial charge in [-0.2, -0.15) is 10.4 Å². The Morgan fingerprint density at radius 1 is 1.12 bits per heavy atom. The number of rotatable bonds is 6. The Hall–Kier alpha value is -2.15. The van der Waals surface area contributed by atoms with Gasteiger partial charge in [0.1, 0.15) is 0 Å². The smallest absolute Gasteiger partial charge is 0.164 e. The highest BCUT2D eigenvalue weighted by Crippen LogP contribution is 2.34. The quantitative estimate of drug-likeness (QED) is 0.609. The first-order valence-electron chi connectivity index (χ1n) is 9.89. The van der Waals surface area contributed by atoms with Gasteiger partial charge in [-0.25, -0.2) is 4.99 Å². The average Bonchev–Trinajstić information content (AvgIpc) is 2.68. The van der Waals surface area contributed by atoms with Crippen molar-refractivity contribution < 1.29 is 4.48 Å². The molecule has 2 aliphatic rings. The molecule has 0 bridgehead atoms. The van der Waals surface area contributed by atoms with Crippen LogP contribution in [-0.2, 0) is 0 Å². The monoisotopic (exact) mass is 353 g/mol. The number of hydrogen-bond acceptors (Lipinski definition) is 3. The van der Waals surface area contributed by atoms with E-state index in [1.54, 1.807) is 24.3 Å². The van der Waals surface area contributed by atoms with Gasteiger partial charge in [0, 0.05) is 11.8 Å². The van der Waals surface area contributed by atoms with E-state index in [2.05, 4.69) is 18.0 Å². The van der Waals surface area contributed by atoms with Gasteiger partial charge in [0.25, 0.3) is 0 Å². The van der Waals surface area contributed by atoms with E-state index in [0.29, 0.717) is 23.5 Å². The van der Waals surface area contributed by atoms with E-state index < -0.39 is 0 Å². The maximum atomic E-state index is 14.5. The van der Waals surface area contributed by atoms with Crippen LogP contribution in [0.5, 0.6) is 0 Å². The van der Waals surface area contributed by atoms with E-state index in [9.17, 15) is 4.48 Å². The molecule has 1 aromatic carbocycles. The molecule has 0 atom stereocenters. The van der Waals surface area contributed by atoms with E-state index in [4.69, 9.17) is 5.26 Å². The molecule has 26 heavy (non-hydrogen) atoms. The third-order valence-electron chi connectivity index (χ3n) is 5.75. The van der Waals surface area contributed by atoms with E-state index in [-0.39, 0.29) is 0 Å². The number of benzene rings is 1. The van der Waals surface area contributed by atoms with Crippen molar-refractivity contribution in [3.63, 3.8) is 0 Å². The summed E-state index contributed by atoms with van der Waals surface area (Å²) < 4.78 is 14.5. The van der Waals surface area contributed by atoms with Crippen molar-refractivity contribution in [2.24, 2.45) is 16.8 Å². The lowest BCUT2D eigenvalue weighted by molar-refractivity contribution is 0.131. The number of aliphatic imine (C=N–C) groups is 1. The molecule has 0 amide bonds. The highest BCUT2D eigenvalue weighted by molar-refractivity contribution is 5.99. The second kappa shape index (κ2) is 8.98. The molecular formula is C22H28FN3.